The highest BCUT2D eigenvalue weighted by Crippen LogP contribution is 2.68. The predicted octanol–water partition coefficient (Wildman–Crippen LogP) is 6.81. The number of aliphatic hydroxyl groups excluding tert-OH is 1. The van der Waals surface area contributed by atoms with Gasteiger partial charge in [-0.3, -0.25) is 0 Å². The Hall–Kier alpha value is -1.02. The second kappa shape index (κ2) is 13.1. The summed E-state index contributed by atoms with van der Waals surface area (Å²) in [5.74, 6) is 0.848. The maximum absolute atomic E-state index is 12.4. The van der Waals surface area contributed by atoms with Crippen LogP contribution in [0.1, 0.15) is 93.4 Å². The van der Waals surface area contributed by atoms with Gasteiger partial charge in [0, 0.05) is 20.1 Å². The molecule has 3 rings (SSSR count). The minimum Gasteiger partial charge on any atom is -0.387 e. The van der Waals surface area contributed by atoms with Gasteiger partial charge in [0.25, 0.3) is 0 Å². The fourth-order valence-electron chi connectivity index (χ4n) is 8.13. The summed E-state index contributed by atoms with van der Waals surface area (Å²) in [7, 11) is 3.28. The van der Waals surface area contributed by atoms with Crippen LogP contribution >= 0.6 is 0 Å². The van der Waals surface area contributed by atoms with Gasteiger partial charge in [-0.15, -0.1) is 0 Å². The zero-order valence-corrected chi connectivity index (χ0v) is 26.8. The lowest BCUT2D eigenvalue weighted by Gasteiger charge is -2.57. The summed E-state index contributed by atoms with van der Waals surface area (Å²) in [6, 6.07) is 0. The summed E-state index contributed by atoms with van der Waals surface area (Å²) < 4.78 is 22.0. The molecule has 0 saturated heterocycles. The summed E-state index contributed by atoms with van der Waals surface area (Å²) in [4.78, 5) is 0. The van der Waals surface area contributed by atoms with E-state index in [1.54, 1.807) is 14.2 Å². The highest BCUT2D eigenvalue weighted by atomic mass is 16.7. The Bertz CT molecular complexity index is 925. The molecule has 0 heterocycles. The van der Waals surface area contributed by atoms with E-state index in [2.05, 4.69) is 67.2 Å². The lowest BCUT2D eigenvalue weighted by Crippen LogP contribution is -2.59. The first-order valence-corrected chi connectivity index (χ1v) is 15.4. The van der Waals surface area contributed by atoms with Gasteiger partial charge in [0.05, 0.1) is 17.3 Å². The topological polar surface area (TPSA) is 77.4 Å². The number of hydrogen-bond acceptors (Lipinski definition) is 6. The van der Waals surface area contributed by atoms with E-state index in [9.17, 15) is 10.2 Å². The Labute approximate surface area is 244 Å². The highest BCUT2D eigenvalue weighted by Gasteiger charge is 2.65. The van der Waals surface area contributed by atoms with Crippen LogP contribution in [0, 0.1) is 34.5 Å². The molecule has 6 nitrogen and oxygen atoms in total. The van der Waals surface area contributed by atoms with Crippen LogP contribution in [0.5, 0.6) is 0 Å². The molecule has 3 saturated carbocycles. The molecule has 3 fully saturated rings. The number of hydrogen-bond donors (Lipinski definition) is 2. The molecule has 6 heteroatoms. The SMILES string of the molecule is C=C1CC[C@H](OCOC)C/C1=C/C(O)C1(O)CC(C)C[C@@]2(C)[C@H]1CC[C@]2(C)[C@H](C)/C=C/[C@H](C)C(C)(C)OCOC. The first-order chi connectivity index (χ1) is 18.6. The normalized spacial score (nSPS) is 38.5. The number of fused-ring (bicyclic) bond motifs is 1. The van der Waals surface area contributed by atoms with Gasteiger partial charge in [0.15, 0.2) is 0 Å². The molecular weight excluding hydrogens is 504 g/mol. The van der Waals surface area contributed by atoms with Crippen LogP contribution in [-0.2, 0) is 18.9 Å². The first-order valence-electron chi connectivity index (χ1n) is 15.4. The van der Waals surface area contributed by atoms with Gasteiger partial charge in [-0.25, -0.2) is 0 Å². The Morgan fingerprint density at radius 2 is 1.75 bits per heavy atom. The molecular formula is C34H58O6. The second-order valence-corrected chi connectivity index (χ2v) is 14.2. The molecule has 0 spiro atoms. The maximum Gasteiger partial charge on any atom is 0.147 e. The highest BCUT2D eigenvalue weighted by molar-refractivity contribution is 5.33. The van der Waals surface area contributed by atoms with Crippen molar-refractivity contribution in [2.75, 3.05) is 27.8 Å². The smallest absolute Gasteiger partial charge is 0.147 e. The summed E-state index contributed by atoms with van der Waals surface area (Å²) in [5, 5.41) is 24.1. The molecule has 0 aromatic rings. The van der Waals surface area contributed by atoms with Crippen molar-refractivity contribution in [1.82, 2.24) is 0 Å². The third-order valence-corrected chi connectivity index (χ3v) is 11.4. The Morgan fingerprint density at radius 1 is 1.07 bits per heavy atom. The van der Waals surface area contributed by atoms with Crippen molar-refractivity contribution in [1.29, 1.82) is 0 Å². The van der Waals surface area contributed by atoms with E-state index in [1.165, 1.54) is 0 Å². The van der Waals surface area contributed by atoms with Gasteiger partial charge >= 0.3 is 0 Å². The van der Waals surface area contributed by atoms with Gasteiger partial charge in [0.2, 0.25) is 0 Å². The van der Waals surface area contributed by atoms with Crippen LogP contribution < -0.4 is 0 Å². The van der Waals surface area contributed by atoms with E-state index in [-0.39, 0.29) is 48.0 Å². The Balaban J connectivity index is 1.84. The molecule has 230 valence electrons. The standard InChI is InChI=1S/C34H58O6/c1-23-19-33(8)29(15-16-32(33,7)26(4)13-12-25(3)31(5,6)40-22-38-10)34(36,20-23)30(35)18-27-17-28(39-21-37-9)14-11-24(27)2/h12-13,18,23,25-26,28-30,35-36H,2,11,14-17,19-22H2,1,3-10H3/b13-12+,27-18-/t23?,25-,26+,28-,29+,30?,32+,33-,34?/m0/s1. The molecule has 2 N–H and O–H groups in total. The number of rotatable bonds is 12. The van der Waals surface area contributed by atoms with Crippen molar-refractivity contribution >= 4 is 0 Å². The van der Waals surface area contributed by atoms with Gasteiger partial charge in [-0.1, -0.05) is 58.9 Å². The minimum atomic E-state index is -1.18. The summed E-state index contributed by atoms with van der Waals surface area (Å²) in [5.41, 5.74) is 0.426. The van der Waals surface area contributed by atoms with Crippen molar-refractivity contribution in [3.63, 3.8) is 0 Å². The average molecular weight is 563 g/mol. The third-order valence-electron chi connectivity index (χ3n) is 11.4. The summed E-state index contributed by atoms with van der Waals surface area (Å²) in [6.45, 7) is 20.5. The van der Waals surface area contributed by atoms with Crippen molar-refractivity contribution in [2.45, 2.75) is 117 Å². The van der Waals surface area contributed by atoms with E-state index < -0.39 is 11.7 Å². The zero-order chi connectivity index (χ0) is 29.9. The predicted molar refractivity (Wildman–Crippen MR) is 161 cm³/mol. The molecule has 40 heavy (non-hydrogen) atoms. The lowest BCUT2D eigenvalue weighted by molar-refractivity contribution is -0.181. The lowest BCUT2D eigenvalue weighted by atomic mass is 9.49. The second-order valence-electron chi connectivity index (χ2n) is 14.2. The molecule has 9 atom stereocenters. The number of ether oxygens (including phenoxy) is 4. The fraction of sp³-hybridized carbons (Fsp3) is 0.824. The Morgan fingerprint density at radius 3 is 2.40 bits per heavy atom. The Kier molecular flexibility index (Phi) is 11.0. The summed E-state index contributed by atoms with van der Waals surface area (Å²) >= 11 is 0. The fourth-order valence-corrected chi connectivity index (χ4v) is 8.13. The van der Waals surface area contributed by atoms with Crippen LogP contribution in [0.25, 0.3) is 0 Å². The minimum absolute atomic E-state index is 0.00549. The third kappa shape index (κ3) is 6.63. The van der Waals surface area contributed by atoms with Crippen LogP contribution in [0.15, 0.2) is 36.0 Å². The van der Waals surface area contributed by atoms with Gasteiger partial charge in [0.1, 0.15) is 19.7 Å². The van der Waals surface area contributed by atoms with Crippen molar-refractivity contribution < 1.29 is 29.2 Å². The van der Waals surface area contributed by atoms with E-state index in [1.807, 2.05) is 6.08 Å². The quantitative estimate of drug-likeness (QED) is 0.201. The van der Waals surface area contributed by atoms with Crippen LogP contribution in [-0.4, -0.2) is 61.4 Å². The van der Waals surface area contributed by atoms with Crippen LogP contribution in [0.2, 0.25) is 0 Å². The molecule has 0 bridgehead atoms. The maximum atomic E-state index is 12.4. The zero-order valence-electron chi connectivity index (χ0n) is 26.8. The van der Waals surface area contributed by atoms with Gasteiger partial charge in [-0.05, 0) is 99.0 Å². The molecule has 3 unspecified atom stereocenters. The molecule has 0 aliphatic heterocycles. The monoisotopic (exact) mass is 562 g/mol. The van der Waals surface area contributed by atoms with Crippen molar-refractivity contribution in [3.8, 4) is 0 Å². The van der Waals surface area contributed by atoms with Gasteiger partial charge < -0.3 is 29.2 Å². The van der Waals surface area contributed by atoms with Gasteiger partial charge in [-0.2, -0.15) is 0 Å². The molecule has 3 aliphatic rings. The molecule has 0 radical (unpaired) electrons. The van der Waals surface area contributed by atoms with Crippen molar-refractivity contribution in [3.05, 3.63) is 36.0 Å². The van der Waals surface area contributed by atoms with Crippen molar-refractivity contribution in [2.24, 2.45) is 34.5 Å². The van der Waals surface area contributed by atoms with E-state index in [0.717, 1.165) is 43.3 Å². The van der Waals surface area contributed by atoms with E-state index >= 15 is 0 Å². The van der Waals surface area contributed by atoms with Crippen LogP contribution in [0.4, 0.5) is 0 Å². The number of aliphatic hydroxyl groups is 2. The molecule has 0 amide bonds. The number of allylic oxidation sites excluding steroid dienone is 2. The largest absolute Gasteiger partial charge is 0.387 e. The molecule has 0 aromatic heterocycles. The van der Waals surface area contributed by atoms with E-state index in [4.69, 9.17) is 18.9 Å². The average Bonchev–Trinajstić information content (AvgIpc) is 3.17. The summed E-state index contributed by atoms with van der Waals surface area (Å²) in [6.07, 6.45) is 11.7. The molecule has 3 aliphatic carbocycles. The number of methoxy groups -OCH3 is 2. The van der Waals surface area contributed by atoms with Crippen LogP contribution in [0.3, 0.4) is 0 Å². The first kappa shape index (κ1) is 33.5. The molecule has 0 aromatic carbocycles. The van der Waals surface area contributed by atoms with E-state index in [0.29, 0.717) is 24.7 Å².